The largest absolute Gasteiger partial charge is 0.508 e. The Kier molecular flexibility index (Phi) is 8.17. The third kappa shape index (κ3) is 6.28. The molecule has 0 spiro atoms. The molecule has 0 radical (unpaired) electrons. The fourth-order valence-corrected chi connectivity index (χ4v) is 6.32. The number of carbonyl (C=O) groups excluding carboxylic acids is 1. The Morgan fingerprint density at radius 1 is 0.839 bits per heavy atom. The molecule has 3 rings (SSSR count). The number of carbonyl (C=O) groups is 1. The number of ether oxygens (including phenoxy) is 1. The van der Waals surface area contributed by atoms with Crippen LogP contribution < -0.4 is 0 Å². The van der Waals surface area contributed by atoms with Crippen LogP contribution in [0.15, 0.2) is 88.7 Å². The first kappa shape index (κ1) is 24.4. The van der Waals surface area contributed by atoms with E-state index in [4.69, 9.17) is 10.2 Å². The molecule has 0 saturated carbocycles. The molecule has 31 heavy (non-hydrogen) atoms. The van der Waals surface area contributed by atoms with Gasteiger partial charge in [0.25, 0.3) is 0 Å². The molecular formula is C26H32O4S. The molecule has 0 amide bonds. The summed E-state index contributed by atoms with van der Waals surface area (Å²) in [5.41, 5.74) is 0.518. The average molecular weight is 441 g/mol. The molecular weight excluding hydrogens is 408 g/mol. The highest BCUT2D eigenvalue weighted by Crippen LogP contribution is 2.67. The minimum absolute atomic E-state index is 0.0401. The quantitative estimate of drug-likeness (QED) is 0.478. The lowest BCUT2D eigenvalue weighted by Gasteiger charge is -2.48. The zero-order valence-corrected chi connectivity index (χ0v) is 19.6. The second kappa shape index (κ2) is 10.4. The normalized spacial score (nSPS) is 11.8. The van der Waals surface area contributed by atoms with Gasteiger partial charge in [-0.25, -0.2) is 0 Å². The van der Waals surface area contributed by atoms with Gasteiger partial charge in [0, 0.05) is 6.07 Å². The maximum Gasteiger partial charge on any atom is 0.309 e. The lowest BCUT2D eigenvalue weighted by molar-refractivity contribution is -0.139. The summed E-state index contributed by atoms with van der Waals surface area (Å²) in [4.78, 5) is 13.7. The number of benzene rings is 3. The maximum absolute atomic E-state index is 10.8. The number of hydrogen-bond donors (Lipinski definition) is 2. The SMILES string of the molecule is CC(C)(C)S(C)(c1ccccc1)c1ccccc1.COC(=O)Cc1cc(O)cc(O)c1. The van der Waals surface area contributed by atoms with Gasteiger partial charge in [0.15, 0.2) is 0 Å². The summed E-state index contributed by atoms with van der Waals surface area (Å²) >= 11 is 0. The molecule has 166 valence electrons. The lowest BCUT2D eigenvalue weighted by atomic mass is 10.1. The average Bonchev–Trinajstić information content (AvgIpc) is 2.73. The number of aromatic hydroxyl groups is 2. The second-order valence-electron chi connectivity index (χ2n) is 8.27. The second-order valence-corrected chi connectivity index (χ2v) is 12.3. The Morgan fingerprint density at radius 2 is 1.26 bits per heavy atom. The molecule has 0 aromatic heterocycles. The number of methoxy groups -OCH3 is 1. The molecule has 4 nitrogen and oxygen atoms in total. The van der Waals surface area contributed by atoms with E-state index in [-0.39, 0.29) is 22.7 Å². The molecule has 0 aliphatic carbocycles. The van der Waals surface area contributed by atoms with Gasteiger partial charge in [-0.15, -0.1) is 0 Å². The predicted molar refractivity (Wildman–Crippen MR) is 128 cm³/mol. The summed E-state index contributed by atoms with van der Waals surface area (Å²) in [6, 6.07) is 25.9. The first-order valence-corrected chi connectivity index (χ1v) is 12.1. The Labute approximate surface area is 186 Å². The summed E-state index contributed by atoms with van der Waals surface area (Å²) < 4.78 is 4.68. The van der Waals surface area contributed by atoms with Crippen molar-refractivity contribution in [2.24, 2.45) is 0 Å². The van der Waals surface area contributed by atoms with Crippen LogP contribution in [0.25, 0.3) is 0 Å². The van der Waals surface area contributed by atoms with E-state index in [2.05, 4.69) is 92.4 Å². The molecule has 0 unspecified atom stereocenters. The summed E-state index contributed by atoms with van der Waals surface area (Å²) in [6.45, 7) is 7.05. The number of hydrogen-bond acceptors (Lipinski definition) is 4. The van der Waals surface area contributed by atoms with Gasteiger partial charge < -0.3 is 14.9 Å². The van der Waals surface area contributed by atoms with E-state index in [9.17, 15) is 4.79 Å². The Bertz CT molecular complexity index is 920. The standard InChI is InChI=1S/C17H22S.C9H10O4/c1-17(2,3)18(4,15-11-7-5-8-12-15)16-13-9-6-10-14-16;1-13-9(12)4-6-2-7(10)5-8(11)3-6/h5-14H,1-4H3;2-3,5,10-11H,4H2,1H3. The molecule has 2 N–H and O–H groups in total. The van der Waals surface area contributed by atoms with Gasteiger partial charge >= 0.3 is 5.97 Å². The zero-order valence-electron chi connectivity index (χ0n) is 18.8. The monoisotopic (exact) mass is 440 g/mol. The molecule has 0 bridgehead atoms. The van der Waals surface area contributed by atoms with Crippen molar-refractivity contribution in [2.75, 3.05) is 13.4 Å². The van der Waals surface area contributed by atoms with Gasteiger partial charge in [-0.05, 0) is 62.8 Å². The molecule has 0 heterocycles. The number of esters is 1. The third-order valence-corrected chi connectivity index (χ3v) is 10.1. The van der Waals surface area contributed by atoms with Crippen LogP contribution >= 0.6 is 10.0 Å². The van der Waals surface area contributed by atoms with Crippen molar-refractivity contribution in [3.63, 3.8) is 0 Å². The van der Waals surface area contributed by atoms with Gasteiger partial charge in [0.2, 0.25) is 0 Å². The van der Waals surface area contributed by atoms with Crippen molar-refractivity contribution in [3.05, 3.63) is 84.4 Å². The van der Waals surface area contributed by atoms with Crippen LogP contribution in [0.3, 0.4) is 0 Å². The molecule has 5 heteroatoms. The molecule has 0 aliphatic rings. The Balaban J connectivity index is 0.000000233. The summed E-state index contributed by atoms with van der Waals surface area (Å²) in [5, 5.41) is 18.1. The molecule has 3 aromatic rings. The van der Waals surface area contributed by atoms with Crippen molar-refractivity contribution in [1.82, 2.24) is 0 Å². The van der Waals surface area contributed by atoms with Crippen LogP contribution in [-0.4, -0.2) is 34.3 Å². The molecule has 0 fully saturated rings. The molecule has 0 saturated heterocycles. The smallest absolute Gasteiger partial charge is 0.309 e. The topological polar surface area (TPSA) is 66.8 Å². The van der Waals surface area contributed by atoms with Gasteiger partial charge in [-0.2, -0.15) is 10.0 Å². The van der Waals surface area contributed by atoms with E-state index in [1.54, 1.807) is 0 Å². The van der Waals surface area contributed by atoms with Crippen molar-refractivity contribution in [1.29, 1.82) is 0 Å². The van der Waals surface area contributed by atoms with E-state index in [1.165, 1.54) is 35.1 Å². The van der Waals surface area contributed by atoms with Crippen LogP contribution in [0.4, 0.5) is 0 Å². The van der Waals surface area contributed by atoms with E-state index in [0.717, 1.165) is 0 Å². The number of phenolic OH excluding ortho intramolecular Hbond substituents is 2. The summed E-state index contributed by atoms with van der Waals surface area (Å²) in [7, 11) is 0.270. The van der Waals surface area contributed by atoms with Gasteiger partial charge in [-0.3, -0.25) is 4.79 Å². The fourth-order valence-electron chi connectivity index (χ4n) is 3.23. The minimum Gasteiger partial charge on any atom is -0.508 e. The van der Waals surface area contributed by atoms with Gasteiger partial charge in [-0.1, -0.05) is 57.2 Å². The van der Waals surface area contributed by atoms with Crippen LogP contribution in [0.1, 0.15) is 26.3 Å². The zero-order chi connectivity index (χ0) is 23.1. The van der Waals surface area contributed by atoms with E-state index in [0.29, 0.717) is 5.56 Å². The number of phenols is 2. The first-order valence-electron chi connectivity index (χ1n) is 10.0. The highest BCUT2D eigenvalue weighted by Gasteiger charge is 2.35. The van der Waals surface area contributed by atoms with Gasteiger partial charge in [0.05, 0.1) is 13.5 Å². The molecule has 0 atom stereocenters. The van der Waals surface area contributed by atoms with Crippen LogP contribution in [0, 0.1) is 0 Å². The Morgan fingerprint density at radius 3 is 1.61 bits per heavy atom. The number of rotatable bonds is 4. The minimum atomic E-state index is -1.01. The van der Waals surface area contributed by atoms with Crippen molar-refractivity contribution >= 4 is 16.0 Å². The van der Waals surface area contributed by atoms with E-state index < -0.39 is 16.0 Å². The predicted octanol–water partition coefficient (Wildman–Crippen LogP) is 6.15. The Hall–Kier alpha value is -2.92. The van der Waals surface area contributed by atoms with Crippen LogP contribution in [-0.2, 0) is 16.0 Å². The van der Waals surface area contributed by atoms with Crippen LogP contribution in [0.5, 0.6) is 11.5 Å². The lowest BCUT2D eigenvalue weighted by Crippen LogP contribution is -2.24. The fraction of sp³-hybridized carbons (Fsp3) is 0.269. The van der Waals surface area contributed by atoms with E-state index in [1.807, 2.05) is 0 Å². The molecule has 3 aromatic carbocycles. The van der Waals surface area contributed by atoms with Gasteiger partial charge in [0.1, 0.15) is 11.5 Å². The summed E-state index contributed by atoms with van der Waals surface area (Å²) in [6.07, 6.45) is 2.47. The van der Waals surface area contributed by atoms with Crippen molar-refractivity contribution in [2.45, 2.75) is 41.7 Å². The summed E-state index contributed by atoms with van der Waals surface area (Å²) in [5.74, 6) is -0.553. The maximum atomic E-state index is 10.8. The first-order chi connectivity index (χ1) is 14.6. The van der Waals surface area contributed by atoms with Crippen molar-refractivity contribution in [3.8, 4) is 11.5 Å². The van der Waals surface area contributed by atoms with Crippen molar-refractivity contribution < 1.29 is 19.7 Å². The van der Waals surface area contributed by atoms with Crippen LogP contribution in [0.2, 0.25) is 0 Å². The van der Waals surface area contributed by atoms with E-state index >= 15 is 0 Å². The molecule has 0 aliphatic heterocycles. The highest BCUT2D eigenvalue weighted by molar-refractivity contribution is 8.34. The highest BCUT2D eigenvalue weighted by atomic mass is 32.3. The third-order valence-electron chi connectivity index (χ3n) is 5.19.